The predicted molar refractivity (Wildman–Crippen MR) is 32.4 cm³/mol. The molecule has 0 aromatic rings. The van der Waals surface area contributed by atoms with Gasteiger partial charge in [-0.25, -0.2) is 0 Å². The highest BCUT2D eigenvalue weighted by molar-refractivity contribution is 4.44. The molecule has 1 atom stereocenters. The second kappa shape index (κ2) is 5.06. The van der Waals surface area contributed by atoms with E-state index in [0.717, 1.165) is 6.61 Å². The van der Waals surface area contributed by atoms with Crippen LogP contribution in [-0.4, -0.2) is 19.3 Å². The zero-order valence-corrected chi connectivity index (χ0v) is 5.52. The van der Waals surface area contributed by atoms with Crippen molar-refractivity contribution in [1.82, 2.24) is 0 Å². The lowest BCUT2D eigenvalue weighted by Crippen LogP contribution is -2.13. The van der Waals surface area contributed by atoms with E-state index in [9.17, 15) is 0 Å². The van der Waals surface area contributed by atoms with E-state index in [1.165, 1.54) is 0 Å². The molecule has 0 heterocycles. The van der Waals surface area contributed by atoms with Crippen molar-refractivity contribution in [3.05, 3.63) is 7.11 Å². The molecule has 1 unspecified atom stereocenters. The van der Waals surface area contributed by atoms with Gasteiger partial charge in [0.25, 0.3) is 0 Å². The summed E-state index contributed by atoms with van der Waals surface area (Å²) in [7, 11) is 3.23. The fraction of sp³-hybridized carbons (Fsp3) is 0.833. The van der Waals surface area contributed by atoms with Crippen LogP contribution in [0.3, 0.4) is 0 Å². The minimum Gasteiger partial charge on any atom is -0.376 e. The number of hydrogen-bond acceptors (Lipinski definition) is 2. The van der Waals surface area contributed by atoms with Crippen LogP contribution in [-0.2, 0) is 9.47 Å². The average Bonchev–Trinajstić information content (AvgIpc) is 1.68. The largest absolute Gasteiger partial charge is 0.376 e. The Morgan fingerprint density at radius 2 is 2.25 bits per heavy atom. The van der Waals surface area contributed by atoms with Crippen molar-refractivity contribution in [2.24, 2.45) is 0 Å². The fourth-order valence-corrected chi connectivity index (χ4v) is 0.499. The van der Waals surface area contributed by atoms with E-state index in [1.807, 2.05) is 13.8 Å². The summed E-state index contributed by atoms with van der Waals surface area (Å²) in [5, 5.41) is 0. The van der Waals surface area contributed by atoms with Gasteiger partial charge in [-0.2, -0.15) is 0 Å². The van der Waals surface area contributed by atoms with Crippen LogP contribution in [0, 0.1) is 7.11 Å². The highest BCUT2D eigenvalue weighted by Crippen LogP contribution is 1.88. The van der Waals surface area contributed by atoms with Gasteiger partial charge in [-0.05, 0) is 13.8 Å². The molecular weight excluding hydrogens is 104 g/mol. The lowest BCUT2D eigenvalue weighted by molar-refractivity contribution is 0.0253. The molecule has 0 aromatic heterocycles. The summed E-state index contributed by atoms with van der Waals surface area (Å²) in [4.78, 5) is 0. The van der Waals surface area contributed by atoms with Gasteiger partial charge in [0, 0.05) is 6.61 Å². The SMILES string of the molecule is [CH2]OCC(C)OCC. The van der Waals surface area contributed by atoms with E-state index in [2.05, 4.69) is 11.8 Å². The third kappa shape index (κ3) is 4.09. The first kappa shape index (κ1) is 7.92. The Bertz CT molecular complexity index is 39.8. The average molecular weight is 117 g/mol. The number of rotatable bonds is 4. The molecule has 0 spiro atoms. The third-order valence-electron chi connectivity index (χ3n) is 0.804. The minimum absolute atomic E-state index is 0.178. The zero-order valence-electron chi connectivity index (χ0n) is 5.52. The van der Waals surface area contributed by atoms with E-state index < -0.39 is 0 Å². The molecule has 0 rings (SSSR count). The molecule has 1 radical (unpaired) electrons. The third-order valence-corrected chi connectivity index (χ3v) is 0.804. The second-order valence-corrected chi connectivity index (χ2v) is 1.64. The van der Waals surface area contributed by atoms with Crippen LogP contribution in [0.15, 0.2) is 0 Å². The van der Waals surface area contributed by atoms with Gasteiger partial charge in [0.2, 0.25) is 0 Å². The Kier molecular flexibility index (Phi) is 5.01. The summed E-state index contributed by atoms with van der Waals surface area (Å²) in [6.45, 7) is 5.23. The van der Waals surface area contributed by atoms with Gasteiger partial charge in [0.15, 0.2) is 0 Å². The topological polar surface area (TPSA) is 18.5 Å². The summed E-state index contributed by atoms with van der Waals surface area (Å²) in [6.07, 6.45) is 0.178. The Morgan fingerprint density at radius 3 is 2.62 bits per heavy atom. The van der Waals surface area contributed by atoms with Gasteiger partial charge in [-0.3, -0.25) is 0 Å². The quantitative estimate of drug-likeness (QED) is 0.551. The molecular formula is C6H13O2. The molecule has 0 fully saturated rings. The molecule has 2 nitrogen and oxygen atoms in total. The normalized spacial score (nSPS) is 13.9. The van der Waals surface area contributed by atoms with Crippen LogP contribution in [0.4, 0.5) is 0 Å². The van der Waals surface area contributed by atoms with E-state index in [-0.39, 0.29) is 6.10 Å². The maximum atomic E-state index is 5.12. The molecule has 0 saturated heterocycles. The van der Waals surface area contributed by atoms with Gasteiger partial charge in [-0.15, -0.1) is 0 Å². The lowest BCUT2D eigenvalue weighted by atomic mass is 10.4. The van der Waals surface area contributed by atoms with Crippen molar-refractivity contribution < 1.29 is 9.47 Å². The second-order valence-electron chi connectivity index (χ2n) is 1.64. The maximum absolute atomic E-state index is 5.12. The summed E-state index contributed by atoms with van der Waals surface area (Å²) >= 11 is 0. The van der Waals surface area contributed by atoms with Crippen molar-refractivity contribution in [3.63, 3.8) is 0 Å². The monoisotopic (exact) mass is 117 g/mol. The molecule has 0 aliphatic heterocycles. The standard InChI is InChI=1S/C6H13O2/c1-4-8-6(2)5-7-3/h6H,3-5H2,1-2H3. The minimum atomic E-state index is 0.178. The Morgan fingerprint density at radius 1 is 1.62 bits per heavy atom. The molecule has 49 valence electrons. The highest BCUT2D eigenvalue weighted by Gasteiger charge is 1.96. The molecule has 0 saturated carbocycles. The summed E-state index contributed by atoms with van der Waals surface area (Å²) < 4.78 is 9.70. The van der Waals surface area contributed by atoms with Gasteiger partial charge >= 0.3 is 0 Å². The first-order valence-corrected chi connectivity index (χ1v) is 2.79. The van der Waals surface area contributed by atoms with Gasteiger partial charge < -0.3 is 9.47 Å². The van der Waals surface area contributed by atoms with E-state index in [0.29, 0.717) is 6.61 Å². The van der Waals surface area contributed by atoms with Gasteiger partial charge in [-0.1, -0.05) is 0 Å². The molecule has 0 aromatic carbocycles. The van der Waals surface area contributed by atoms with Crippen molar-refractivity contribution in [2.75, 3.05) is 13.2 Å². The van der Waals surface area contributed by atoms with Crippen LogP contribution in [0.5, 0.6) is 0 Å². The van der Waals surface area contributed by atoms with Gasteiger partial charge in [0.1, 0.15) is 0 Å². The van der Waals surface area contributed by atoms with Crippen LogP contribution >= 0.6 is 0 Å². The number of hydrogen-bond donors (Lipinski definition) is 0. The smallest absolute Gasteiger partial charge is 0.0780 e. The molecule has 0 bridgehead atoms. The van der Waals surface area contributed by atoms with Gasteiger partial charge in [0.05, 0.1) is 19.8 Å². The Labute approximate surface area is 50.8 Å². The zero-order chi connectivity index (χ0) is 6.41. The summed E-state index contributed by atoms with van der Waals surface area (Å²) in [6, 6.07) is 0. The summed E-state index contributed by atoms with van der Waals surface area (Å²) in [5.41, 5.74) is 0. The van der Waals surface area contributed by atoms with Crippen molar-refractivity contribution in [2.45, 2.75) is 20.0 Å². The van der Waals surface area contributed by atoms with Crippen LogP contribution < -0.4 is 0 Å². The van der Waals surface area contributed by atoms with Crippen molar-refractivity contribution in [1.29, 1.82) is 0 Å². The predicted octanol–water partition coefficient (Wildman–Crippen LogP) is 1.22. The van der Waals surface area contributed by atoms with Crippen LogP contribution in [0.25, 0.3) is 0 Å². The molecule has 0 aliphatic rings. The molecule has 8 heavy (non-hydrogen) atoms. The Balaban J connectivity index is 2.92. The van der Waals surface area contributed by atoms with Crippen molar-refractivity contribution in [3.8, 4) is 0 Å². The first-order valence-electron chi connectivity index (χ1n) is 2.79. The van der Waals surface area contributed by atoms with Crippen molar-refractivity contribution >= 4 is 0 Å². The molecule has 0 N–H and O–H groups in total. The highest BCUT2D eigenvalue weighted by atomic mass is 16.5. The first-order chi connectivity index (χ1) is 3.81. The Hall–Kier alpha value is -0.0800. The maximum Gasteiger partial charge on any atom is 0.0780 e. The van der Waals surface area contributed by atoms with Crippen LogP contribution in [0.2, 0.25) is 0 Å². The van der Waals surface area contributed by atoms with E-state index in [4.69, 9.17) is 4.74 Å². The molecule has 2 heteroatoms. The molecule has 0 amide bonds. The number of ether oxygens (including phenoxy) is 2. The summed E-state index contributed by atoms with van der Waals surface area (Å²) in [5.74, 6) is 0. The lowest BCUT2D eigenvalue weighted by Gasteiger charge is -2.08. The fourth-order valence-electron chi connectivity index (χ4n) is 0.499. The van der Waals surface area contributed by atoms with E-state index >= 15 is 0 Å². The van der Waals surface area contributed by atoms with Crippen LogP contribution in [0.1, 0.15) is 13.8 Å². The van der Waals surface area contributed by atoms with E-state index in [1.54, 1.807) is 0 Å². The molecule has 0 aliphatic carbocycles.